The van der Waals surface area contributed by atoms with E-state index >= 15 is 0 Å². The van der Waals surface area contributed by atoms with E-state index in [-0.39, 0.29) is 11.9 Å². The van der Waals surface area contributed by atoms with Crippen molar-refractivity contribution in [1.82, 2.24) is 15.0 Å². The van der Waals surface area contributed by atoms with Gasteiger partial charge in [0.1, 0.15) is 11.3 Å². The van der Waals surface area contributed by atoms with Crippen molar-refractivity contribution in [3.63, 3.8) is 0 Å². The fourth-order valence-electron chi connectivity index (χ4n) is 4.02. The zero-order valence-corrected chi connectivity index (χ0v) is 18.2. The largest absolute Gasteiger partial charge is 0.361 e. The lowest BCUT2D eigenvalue weighted by atomic mass is 9.96. The third kappa shape index (κ3) is 4.14. The molecule has 1 atom stereocenters. The average molecular weight is 454 g/mol. The number of aryl methyl sites for hydroxylation is 2. The Hall–Kier alpha value is -2.44. The molecule has 0 spiro atoms. The number of hydrogen-bond donors (Lipinski definition) is 0. The molecule has 1 amide bonds. The van der Waals surface area contributed by atoms with Crippen LogP contribution in [0, 0.1) is 13.8 Å². The second-order valence-corrected chi connectivity index (χ2v) is 8.31. The molecule has 1 fully saturated rings. The molecule has 2 aromatic carbocycles. The Balaban J connectivity index is 1.54. The number of rotatable bonds is 4. The summed E-state index contributed by atoms with van der Waals surface area (Å²) in [5, 5.41) is 3.92. The summed E-state index contributed by atoms with van der Waals surface area (Å²) >= 11 is 3.53. The minimum Gasteiger partial charge on any atom is -0.361 e. The van der Waals surface area contributed by atoms with Gasteiger partial charge in [0.15, 0.2) is 0 Å². The van der Waals surface area contributed by atoms with Crippen LogP contribution in [0.3, 0.4) is 0 Å². The van der Waals surface area contributed by atoms with Crippen molar-refractivity contribution in [3.8, 4) is 0 Å². The van der Waals surface area contributed by atoms with Crippen molar-refractivity contribution in [1.29, 1.82) is 0 Å². The van der Waals surface area contributed by atoms with E-state index in [0.717, 1.165) is 17.6 Å². The van der Waals surface area contributed by atoms with E-state index in [1.54, 1.807) is 6.92 Å². The van der Waals surface area contributed by atoms with Gasteiger partial charge in [-0.1, -0.05) is 63.6 Å². The lowest BCUT2D eigenvalue weighted by molar-refractivity contribution is 0.0595. The second-order valence-electron chi connectivity index (χ2n) is 7.39. The maximum absolute atomic E-state index is 13.0. The zero-order valence-electron chi connectivity index (χ0n) is 16.6. The highest BCUT2D eigenvalue weighted by Gasteiger charge is 2.30. The average Bonchev–Trinajstić information content (AvgIpc) is 3.08. The number of amides is 1. The normalized spacial score (nSPS) is 16.0. The van der Waals surface area contributed by atoms with Gasteiger partial charge in [0.25, 0.3) is 5.91 Å². The van der Waals surface area contributed by atoms with E-state index in [1.165, 1.54) is 11.1 Å². The van der Waals surface area contributed by atoms with Crippen molar-refractivity contribution >= 4 is 21.8 Å². The van der Waals surface area contributed by atoms with Gasteiger partial charge in [0, 0.05) is 30.7 Å². The van der Waals surface area contributed by atoms with E-state index in [2.05, 4.69) is 74.5 Å². The van der Waals surface area contributed by atoms with Crippen molar-refractivity contribution < 1.29 is 9.32 Å². The van der Waals surface area contributed by atoms with Gasteiger partial charge in [-0.3, -0.25) is 9.69 Å². The summed E-state index contributed by atoms with van der Waals surface area (Å²) < 4.78 is 6.25. The monoisotopic (exact) mass is 453 g/mol. The molecule has 1 aliphatic rings. The minimum absolute atomic E-state index is 0.0146. The van der Waals surface area contributed by atoms with Crippen molar-refractivity contribution in [3.05, 3.63) is 87.2 Å². The minimum atomic E-state index is 0.0146. The Morgan fingerprint density at radius 1 is 0.966 bits per heavy atom. The van der Waals surface area contributed by atoms with Crippen LogP contribution in [0.15, 0.2) is 63.6 Å². The Labute approximate surface area is 179 Å². The fraction of sp³-hybridized carbons (Fsp3) is 0.304. The van der Waals surface area contributed by atoms with Crippen LogP contribution in [-0.4, -0.2) is 47.0 Å². The molecule has 150 valence electrons. The molecule has 6 heteroatoms. The Morgan fingerprint density at radius 3 is 2.17 bits per heavy atom. The SMILES string of the molecule is Cc1noc(C)c1C(=O)N1CCN(C(c2ccccc2)c2ccc(Br)cc2)CC1. The number of piperazine rings is 1. The van der Waals surface area contributed by atoms with Crippen LogP contribution in [0.5, 0.6) is 0 Å². The standard InChI is InChI=1S/C23H24BrN3O2/c1-16-21(17(2)29-25-16)23(28)27-14-12-26(13-15-27)22(18-6-4-3-5-7-18)19-8-10-20(24)11-9-19/h3-11,22H,12-15H2,1-2H3. The van der Waals surface area contributed by atoms with Gasteiger partial charge in [-0.2, -0.15) is 0 Å². The molecule has 0 saturated carbocycles. The second kappa shape index (κ2) is 8.51. The molecule has 0 radical (unpaired) electrons. The molecule has 1 saturated heterocycles. The molecule has 1 aliphatic heterocycles. The van der Waals surface area contributed by atoms with Gasteiger partial charge in [-0.15, -0.1) is 0 Å². The van der Waals surface area contributed by atoms with Crippen molar-refractivity contribution in [2.24, 2.45) is 0 Å². The predicted octanol–water partition coefficient (Wildman–Crippen LogP) is 4.60. The number of carbonyl (C=O) groups excluding carboxylic acids is 1. The summed E-state index contributed by atoms with van der Waals surface area (Å²) in [6, 6.07) is 19.2. The molecule has 5 nitrogen and oxygen atoms in total. The lowest BCUT2D eigenvalue weighted by Gasteiger charge is -2.39. The first-order valence-electron chi connectivity index (χ1n) is 9.81. The number of hydrogen-bond acceptors (Lipinski definition) is 4. The van der Waals surface area contributed by atoms with Gasteiger partial charge in [-0.25, -0.2) is 0 Å². The molecule has 29 heavy (non-hydrogen) atoms. The number of halogens is 1. The van der Waals surface area contributed by atoms with Crippen LogP contribution in [0.2, 0.25) is 0 Å². The first-order valence-corrected chi connectivity index (χ1v) is 10.6. The van der Waals surface area contributed by atoms with E-state index in [0.29, 0.717) is 30.1 Å². The Kier molecular flexibility index (Phi) is 5.83. The summed E-state index contributed by atoms with van der Waals surface area (Å²) in [6.07, 6.45) is 0. The van der Waals surface area contributed by atoms with Crippen LogP contribution in [0.4, 0.5) is 0 Å². The summed E-state index contributed by atoms with van der Waals surface area (Å²) in [6.45, 7) is 6.60. The molecule has 1 aromatic heterocycles. The smallest absolute Gasteiger partial charge is 0.259 e. The zero-order chi connectivity index (χ0) is 20.4. The maximum Gasteiger partial charge on any atom is 0.259 e. The van der Waals surface area contributed by atoms with Gasteiger partial charge in [-0.05, 0) is 37.1 Å². The Morgan fingerprint density at radius 2 is 1.59 bits per heavy atom. The highest BCUT2D eigenvalue weighted by atomic mass is 79.9. The van der Waals surface area contributed by atoms with Gasteiger partial charge < -0.3 is 9.42 Å². The van der Waals surface area contributed by atoms with E-state index in [1.807, 2.05) is 17.9 Å². The van der Waals surface area contributed by atoms with Gasteiger partial charge in [0.05, 0.1) is 11.7 Å². The number of nitrogens with zero attached hydrogens (tertiary/aromatic N) is 3. The predicted molar refractivity (Wildman–Crippen MR) is 116 cm³/mol. The third-order valence-electron chi connectivity index (χ3n) is 5.51. The summed E-state index contributed by atoms with van der Waals surface area (Å²) in [5.74, 6) is 0.604. The van der Waals surface area contributed by atoms with Crippen LogP contribution in [0.1, 0.15) is 39.0 Å². The molecule has 1 unspecified atom stereocenters. The lowest BCUT2D eigenvalue weighted by Crippen LogP contribution is -2.50. The van der Waals surface area contributed by atoms with Gasteiger partial charge >= 0.3 is 0 Å². The quantitative estimate of drug-likeness (QED) is 0.578. The maximum atomic E-state index is 13.0. The van der Waals surface area contributed by atoms with Crippen LogP contribution in [-0.2, 0) is 0 Å². The van der Waals surface area contributed by atoms with E-state index in [9.17, 15) is 4.79 Å². The third-order valence-corrected chi connectivity index (χ3v) is 6.04. The highest BCUT2D eigenvalue weighted by molar-refractivity contribution is 9.10. The molecule has 4 rings (SSSR count). The first-order chi connectivity index (χ1) is 14.0. The molecular weight excluding hydrogens is 430 g/mol. The first kappa shape index (κ1) is 19.9. The summed E-state index contributed by atoms with van der Waals surface area (Å²) in [5.41, 5.74) is 3.78. The van der Waals surface area contributed by atoms with E-state index in [4.69, 9.17) is 4.52 Å². The number of aromatic nitrogens is 1. The Bertz CT molecular complexity index is 958. The molecule has 0 aliphatic carbocycles. The molecule has 3 aromatic rings. The number of carbonyl (C=O) groups is 1. The molecular formula is C23H24BrN3O2. The fourth-order valence-corrected chi connectivity index (χ4v) is 4.29. The molecule has 0 N–H and O–H groups in total. The van der Waals surface area contributed by atoms with Crippen LogP contribution < -0.4 is 0 Å². The van der Waals surface area contributed by atoms with E-state index < -0.39 is 0 Å². The van der Waals surface area contributed by atoms with Crippen LogP contribution in [0.25, 0.3) is 0 Å². The molecule has 2 heterocycles. The van der Waals surface area contributed by atoms with Crippen molar-refractivity contribution in [2.45, 2.75) is 19.9 Å². The highest BCUT2D eigenvalue weighted by Crippen LogP contribution is 2.30. The van der Waals surface area contributed by atoms with Crippen LogP contribution >= 0.6 is 15.9 Å². The van der Waals surface area contributed by atoms with Gasteiger partial charge in [0.2, 0.25) is 0 Å². The summed E-state index contributed by atoms with van der Waals surface area (Å²) in [7, 11) is 0. The summed E-state index contributed by atoms with van der Waals surface area (Å²) in [4.78, 5) is 17.3. The van der Waals surface area contributed by atoms with Crippen molar-refractivity contribution in [2.75, 3.05) is 26.2 Å². The topological polar surface area (TPSA) is 49.6 Å². The molecule has 0 bridgehead atoms. The number of benzene rings is 2.